The van der Waals surface area contributed by atoms with Crippen molar-refractivity contribution in [3.8, 4) is 34.6 Å². The highest BCUT2D eigenvalue weighted by Gasteiger charge is 2.33. The molecule has 2 N–H and O–H groups in total. The molecule has 1 aromatic carbocycles. The summed E-state index contributed by atoms with van der Waals surface area (Å²) in [5, 5.41) is 15.2. The lowest BCUT2D eigenvalue weighted by Gasteiger charge is -2.37. The number of nitrogens with zero attached hydrogens (tertiary/aromatic N) is 4. The van der Waals surface area contributed by atoms with E-state index in [0.717, 1.165) is 18.2 Å². The number of ether oxygens (including phenoxy) is 4. The molecule has 2 amide bonds. The van der Waals surface area contributed by atoms with E-state index in [1.165, 1.54) is 25.6 Å². The van der Waals surface area contributed by atoms with Gasteiger partial charge in [0.1, 0.15) is 29.8 Å². The van der Waals surface area contributed by atoms with Crippen LogP contribution in [0.2, 0.25) is 19.1 Å². The number of hydrogen-bond donors (Lipinski definition) is 2. The highest BCUT2D eigenvalue weighted by Crippen LogP contribution is 2.40. The van der Waals surface area contributed by atoms with Crippen LogP contribution in [0.3, 0.4) is 0 Å². The molecule has 5 rings (SSSR count). The summed E-state index contributed by atoms with van der Waals surface area (Å²) >= 11 is 0. The van der Waals surface area contributed by atoms with Crippen LogP contribution < -0.4 is 20.1 Å². The highest BCUT2D eigenvalue weighted by molar-refractivity contribution is 6.55. The van der Waals surface area contributed by atoms with Crippen molar-refractivity contribution in [3.05, 3.63) is 60.1 Å². The Bertz CT molecular complexity index is 1730. The summed E-state index contributed by atoms with van der Waals surface area (Å²) < 4.78 is 54.5. The number of anilines is 1. The number of amides is 2. The molecule has 1 saturated heterocycles. The lowest BCUT2D eigenvalue weighted by Crippen LogP contribution is -2.49. The quantitative estimate of drug-likeness (QED) is 0.145. The molecule has 0 atom stereocenters. The predicted molar refractivity (Wildman–Crippen MR) is 165 cm³/mol. The first-order chi connectivity index (χ1) is 21.6. The van der Waals surface area contributed by atoms with Crippen molar-refractivity contribution in [2.75, 3.05) is 38.8 Å². The molecular formula is C31H33F2N6O5Si+. The van der Waals surface area contributed by atoms with E-state index in [0.29, 0.717) is 48.5 Å². The number of benzene rings is 1. The molecule has 4 aromatic rings. The number of hydrogen-bond acceptors (Lipinski definition) is 8. The molecule has 4 heterocycles. The summed E-state index contributed by atoms with van der Waals surface area (Å²) in [7, 11) is 0.948. The first-order valence-electron chi connectivity index (χ1n) is 14.2. The minimum absolute atomic E-state index is 0.0780. The number of rotatable bonds is 12. The summed E-state index contributed by atoms with van der Waals surface area (Å²) in [6.07, 6.45) is 4.77. The topological polar surface area (TPSA) is 133 Å². The molecule has 1 aliphatic heterocycles. The fourth-order valence-electron chi connectivity index (χ4n) is 4.73. The maximum Gasteiger partial charge on any atom is 0.319 e. The molecule has 0 aliphatic carbocycles. The van der Waals surface area contributed by atoms with E-state index in [9.17, 15) is 10.1 Å². The maximum absolute atomic E-state index is 15.3. The van der Waals surface area contributed by atoms with Gasteiger partial charge in [-0.2, -0.15) is 5.26 Å². The fourth-order valence-corrected chi connectivity index (χ4v) is 5.28. The molecule has 11 nitrogen and oxygen atoms in total. The van der Waals surface area contributed by atoms with E-state index >= 15 is 8.78 Å². The van der Waals surface area contributed by atoms with Crippen molar-refractivity contribution < 1.29 is 32.5 Å². The van der Waals surface area contributed by atoms with Gasteiger partial charge in [-0.3, -0.25) is 0 Å². The number of nitriles is 1. The molecule has 1 fully saturated rings. The average Bonchev–Trinajstić information content (AvgIpc) is 3.38. The lowest BCUT2D eigenvalue weighted by molar-refractivity contribution is -0.0974. The largest absolute Gasteiger partial charge is 0.480 e. The Labute approximate surface area is 260 Å². The third-order valence-corrected chi connectivity index (χ3v) is 8.42. The van der Waals surface area contributed by atoms with Gasteiger partial charge < -0.3 is 34.1 Å². The number of carbonyl (C=O) groups is 1. The Morgan fingerprint density at radius 3 is 2.62 bits per heavy atom. The van der Waals surface area contributed by atoms with Gasteiger partial charge >= 0.3 is 14.8 Å². The van der Waals surface area contributed by atoms with E-state index in [-0.39, 0.29) is 35.0 Å². The smallest absolute Gasteiger partial charge is 0.319 e. The van der Waals surface area contributed by atoms with E-state index in [4.69, 9.17) is 18.9 Å². The Hall–Kier alpha value is -4.58. The SMILES string of the molecule is COc1ncc(-c2cn(COCC[Si+](C)C)c3nccc(Oc4c(F)cc(NC(=O)NCC5(C)COC5)cc4F)c23)cc1C#N. The zero-order valence-electron chi connectivity index (χ0n) is 25.4. The second-order valence-corrected chi connectivity index (χ2v) is 14.3. The van der Waals surface area contributed by atoms with Crippen LogP contribution in [0.15, 0.2) is 42.9 Å². The summed E-state index contributed by atoms with van der Waals surface area (Å²) in [5.41, 5.74) is 1.50. The van der Waals surface area contributed by atoms with E-state index in [2.05, 4.69) is 39.8 Å². The molecule has 0 radical (unpaired) electrons. The fraction of sp³-hybridized carbons (Fsp3) is 0.355. The number of halogens is 2. The van der Waals surface area contributed by atoms with Gasteiger partial charge in [0.05, 0.1) is 51.5 Å². The van der Waals surface area contributed by atoms with Crippen molar-refractivity contribution in [1.29, 1.82) is 5.26 Å². The average molecular weight is 636 g/mol. The molecule has 3 aromatic heterocycles. The molecule has 0 unspecified atom stereocenters. The number of urea groups is 1. The van der Waals surface area contributed by atoms with Gasteiger partial charge in [0.25, 0.3) is 0 Å². The summed E-state index contributed by atoms with van der Waals surface area (Å²) in [6, 6.07) is 7.50. The summed E-state index contributed by atoms with van der Waals surface area (Å²) in [6.45, 7) is 8.52. The molecule has 14 heteroatoms. The molecule has 0 bridgehead atoms. The van der Waals surface area contributed by atoms with Crippen LogP contribution in [-0.2, 0) is 16.2 Å². The molecule has 45 heavy (non-hydrogen) atoms. The Morgan fingerprint density at radius 2 is 1.98 bits per heavy atom. The number of nitrogens with one attached hydrogen (secondary N) is 2. The second kappa shape index (κ2) is 13.6. The monoisotopic (exact) mass is 635 g/mol. The van der Waals surface area contributed by atoms with Crippen LogP contribution in [0, 0.1) is 28.4 Å². The maximum atomic E-state index is 15.3. The minimum atomic E-state index is -1.02. The first kappa shape index (κ1) is 31.8. The zero-order valence-corrected chi connectivity index (χ0v) is 26.4. The van der Waals surface area contributed by atoms with Gasteiger partial charge in [-0.05, 0) is 12.1 Å². The Morgan fingerprint density at radius 1 is 1.22 bits per heavy atom. The van der Waals surface area contributed by atoms with Crippen molar-refractivity contribution in [3.63, 3.8) is 0 Å². The second-order valence-electron chi connectivity index (χ2n) is 11.4. The van der Waals surface area contributed by atoms with Gasteiger partial charge in [-0.15, -0.1) is 0 Å². The lowest BCUT2D eigenvalue weighted by atomic mass is 9.89. The summed E-state index contributed by atoms with van der Waals surface area (Å²) in [5.74, 6) is -2.42. The number of carbonyl (C=O) groups excluding carboxylic acids is 1. The van der Waals surface area contributed by atoms with Gasteiger partial charge in [0.15, 0.2) is 17.4 Å². The van der Waals surface area contributed by atoms with Gasteiger partial charge in [-0.25, -0.2) is 23.5 Å². The molecule has 0 saturated carbocycles. The summed E-state index contributed by atoms with van der Waals surface area (Å²) in [4.78, 5) is 21.1. The predicted octanol–water partition coefficient (Wildman–Crippen LogP) is 5.94. The van der Waals surface area contributed by atoms with E-state index in [1.807, 2.05) is 6.92 Å². The Kier molecular flexibility index (Phi) is 9.62. The van der Waals surface area contributed by atoms with Crippen LogP contribution in [-0.4, -0.2) is 62.8 Å². The van der Waals surface area contributed by atoms with E-state index < -0.39 is 32.2 Å². The van der Waals surface area contributed by atoms with Gasteiger partial charge in [0.2, 0.25) is 5.88 Å². The van der Waals surface area contributed by atoms with Crippen LogP contribution in [0.1, 0.15) is 12.5 Å². The standard InChI is InChI=1S/C31H32F2N6O5Si/c1-31(16-43-17-31)15-37-30(40)38-21-10-23(32)27(24(33)11-21)44-25-5-6-35-28-26(25)22(14-39(28)18-42-7-8-45(3)4)20-9-19(12-34)29(41-2)36-13-20/h5-6,9-11,13-14H,7-8,15-18H2,1-4H3,(H-,37,38,40)/p+1. The van der Waals surface area contributed by atoms with Gasteiger partial charge in [-0.1, -0.05) is 6.92 Å². The van der Waals surface area contributed by atoms with Crippen LogP contribution in [0.4, 0.5) is 19.3 Å². The van der Waals surface area contributed by atoms with Crippen molar-refractivity contribution in [2.24, 2.45) is 5.41 Å². The highest BCUT2D eigenvalue weighted by atomic mass is 28.3. The number of fused-ring (bicyclic) bond motifs is 1. The molecular weight excluding hydrogens is 602 g/mol. The third-order valence-electron chi connectivity index (χ3n) is 7.22. The van der Waals surface area contributed by atoms with Crippen molar-refractivity contribution >= 4 is 31.5 Å². The van der Waals surface area contributed by atoms with Crippen molar-refractivity contribution in [2.45, 2.75) is 32.8 Å². The molecule has 0 spiro atoms. The zero-order chi connectivity index (χ0) is 32.1. The number of aromatic nitrogens is 3. The normalized spacial score (nSPS) is 13.5. The third kappa shape index (κ3) is 7.22. The number of pyridine rings is 2. The van der Waals surface area contributed by atoms with Crippen LogP contribution in [0.5, 0.6) is 17.4 Å². The van der Waals surface area contributed by atoms with Crippen LogP contribution >= 0.6 is 0 Å². The molecule has 234 valence electrons. The van der Waals surface area contributed by atoms with E-state index in [1.54, 1.807) is 16.8 Å². The number of methoxy groups -OCH3 is 1. The van der Waals surface area contributed by atoms with Crippen molar-refractivity contribution in [1.82, 2.24) is 19.9 Å². The minimum Gasteiger partial charge on any atom is -0.480 e. The molecule has 1 aliphatic rings. The first-order valence-corrected chi connectivity index (χ1v) is 16.9. The van der Waals surface area contributed by atoms with Gasteiger partial charge in [0, 0.05) is 59.5 Å². The Balaban J connectivity index is 1.46. The van der Waals surface area contributed by atoms with Crippen LogP contribution in [0.25, 0.3) is 22.2 Å².